The quantitative estimate of drug-likeness (QED) is 0.307. The fraction of sp³-hybridized carbons (Fsp3) is 0.231. The predicted octanol–water partition coefficient (Wildman–Crippen LogP) is 3.26. The summed E-state index contributed by atoms with van der Waals surface area (Å²) >= 11 is 0. The molecule has 5 N–H and O–H groups in total. The molecule has 0 spiro atoms. The number of aliphatic hydroxyl groups is 3. The largest absolute Gasteiger partial charge is 0.507 e. The van der Waals surface area contributed by atoms with E-state index in [1.807, 2.05) is 0 Å². The van der Waals surface area contributed by atoms with Crippen LogP contribution in [0.15, 0.2) is 60.7 Å². The molecule has 2 unspecified atom stereocenters. The van der Waals surface area contributed by atoms with Crippen LogP contribution >= 0.6 is 0 Å². The average molecular weight is 469 g/mol. The highest BCUT2D eigenvalue weighted by molar-refractivity contribution is 5.80. The van der Waals surface area contributed by atoms with E-state index in [0.29, 0.717) is 17.1 Å². The Hall–Kier alpha value is -3.72. The van der Waals surface area contributed by atoms with Gasteiger partial charge in [0, 0.05) is 11.1 Å². The molecule has 0 radical (unpaired) electrons. The van der Waals surface area contributed by atoms with E-state index >= 15 is 0 Å². The highest BCUT2D eigenvalue weighted by Crippen LogP contribution is 2.44. The summed E-state index contributed by atoms with van der Waals surface area (Å²) in [7, 11) is 2.85. The number of aromatic hydroxyl groups is 2. The van der Waals surface area contributed by atoms with Gasteiger partial charge in [-0.2, -0.15) is 0 Å². The third kappa shape index (κ3) is 5.43. The first-order valence-corrected chi connectivity index (χ1v) is 10.5. The summed E-state index contributed by atoms with van der Waals surface area (Å²) in [6, 6.07) is 14.5. The Labute approximate surface area is 197 Å². The van der Waals surface area contributed by atoms with E-state index in [0.717, 1.165) is 0 Å². The number of rotatable bonds is 10. The molecular formula is C26H28O8. The Morgan fingerprint density at radius 1 is 0.853 bits per heavy atom. The summed E-state index contributed by atoms with van der Waals surface area (Å²) in [4.78, 5) is 0. The third-order valence-corrected chi connectivity index (χ3v) is 5.26. The Balaban J connectivity index is 2.04. The number of phenolic OH excluding ortho intramolecular Hbond substituents is 2. The van der Waals surface area contributed by atoms with Crippen molar-refractivity contribution in [2.75, 3.05) is 27.4 Å². The van der Waals surface area contributed by atoms with Crippen molar-refractivity contribution in [3.63, 3.8) is 0 Å². The molecule has 0 heterocycles. The highest BCUT2D eigenvalue weighted by Gasteiger charge is 2.26. The van der Waals surface area contributed by atoms with Gasteiger partial charge in [0.2, 0.25) is 0 Å². The lowest BCUT2D eigenvalue weighted by Gasteiger charge is -2.25. The van der Waals surface area contributed by atoms with E-state index in [-0.39, 0.29) is 40.5 Å². The van der Waals surface area contributed by atoms with E-state index in [1.165, 1.54) is 38.5 Å². The number of phenols is 2. The molecule has 0 aromatic heterocycles. The van der Waals surface area contributed by atoms with E-state index in [4.69, 9.17) is 19.3 Å². The van der Waals surface area contributed by atoms with Gasteiger partial charge < -0.3 is 39.7 Å². The van der Waals surface area contributed by atoms with Gasteiger partial charge in [-0.1, -0.05) is 30.4 Å². The summed E-state index contributed by atoms with van der Waals surface area (Å²) in [5.74, 6) is 0.512. The van der Waals surface area contributed by atoms with Crippen LogP contribution in [0.3, 0.4) is 0 Å². The van der Waals surface area contributed by atoms with Gasteiger partial charge in [-0.05, 0) is 47.5 Å². The molecule has 0 amide bonds. The molecule has 180 valence electrons. The summed E-state index contributed by atoms with van der Waals surface area (Å²) < 4.78 is 16.4. The first-order chi connectivity index (χ1) is 16.4. The molecule has 0 aliphatic rings. The molecular weight excluding hydrogens is 440 g/mol. The Bertz CT molecular complexity index is 1140. The first kappa shape index (κ1) is 24.9. The summed E-state index contributed by atoms with van der Waals surface area (Å²) in [6.07, 6.45) is 0.824. The normalized spacial score (nSPS) is 13.0. The third-order valence-electron chi connectivity index (χ3n) is 5.26. The monoisotopic (exact) mass is 468 g/mol. The van der Waals surface area contributed by atoms with Crippen LogP contribution in [0.5, 0.6) is 28.7 Å². The van der Waals surface area contributed by atoms with Crippen LogP contribution in [0.2, 0.25) is 0 Å². The molecule has 3 aromatic carbocycles. The van der Waals surface area contributed by atoms with Crippen LogP contribution < -0.4 is 14.2 Å². The molecule has 3 aromatic rings. The summed E-state index contributed by atoms with van der Waals surface area (Å²) in [5.41, 5.74) is 1.46. The van der Waals surface area contributed by atoms with E-state index in [1.54, 1.807) is 42.5 Å². The Morgan fingerprint density at radius 2 is 1.56 bits per heavy atom. The van der Waals surface area contributed by atoms with Crippen molar-refractivity contribution < 1.29 is 39.7 Å². The van der Waals surface area contributed by atoms with Gasteiger partial charge >= 0.3 is 0 Å². The van der Waals surface area contributed by atoms with Crippen molar-refractivity contribution in [1.82, 2.24) is 0 Å². The van der Waals surface area contributed by atoms with Crippen molar-refractivity contribution in [2.45, 2.75) is 12.2 Å². The maximum atomic E-state index is 11.1. The van der Waals surface area contributed by atoms with Gasteiger partial charge in [-0.3, -0.25) is 0 Å². The van der Waals surface area contributed by atoms with Gasteiger partial charge in [-0.25, -0.2) is 0 Å². The van der Waals surface area contributed by atoms with Crippen LogP contribution in [-0.4, -0.2) is 59.1 Å². The van der Waals surface area contributed by atoms with Gasteiger partial charge in [0.05, 0.1) is 27.4 Å². The lowest BCUT2D eigenvalue weighted by Crippen LogP contribution is -2.29. The zero-order valence-electron chi connectivity index (χ0n) is 18.9. The topological polar surface area (TPSA) is 129 Å². The highest BCUT2D eigenvalue weighted by atomic mass is 16.5. The first-order valence-electron chi connectivity index (χ1n) is 10.5. The molecule has 0 bridgehead atoms. The van der Waals surface area contributed by atoms with Gasteiger partial charge in [0.1, 0.15) is 11.9 Å². The van der Waals surface area contributed by atoms with Gasteiger partial charge in [0.25, 0.3) is 0 Å². The molecule has 0 aliphatic carbocycles. The van der Waals surface area contributed by atoms with Crippen molar-refractivity contribution in [2.24, 2.45) is 0 Å². The molecule has 8 nitrogen and oxygen atoms in total. The second kappa shape index (κ2) is 11.4. The van der Waals surface area contributed by atoms with Gasteiger partial charge in [0.15, 0.2) is 29.1 Å². The second-order valence-corrected chi connectivity index (χ2v) is 7.42. The van der Waals surface area contributed by atoms with E-state index < -0.39 is 18.8 Å². The average Bonchev–Trinajstić information content (AvgIpc) is 2.86. The second-order valence-electron chi connectivity index (χ2n) is 7.42. The Kier molecular flexibility index (Phi) is 8.37. The number of benzene rings is 3. The number of ether oxygens (including phenoxy) is 3. The molecule has 0 saturated carbocycles. The maximum absolute atomic E-state index is 11.1. The van der Waals surface area contributed by atoms with E-state index in [9.17, 15) is 20.4 Å². The smallest absolute Gasteiger partial charge is 0.165 e. The van der Waals surface area contributed by atoms with Crippen LogP contribution in [0.4, 0.5) is 0 Å². The molecule has 2 atom stereocenters. The van der Waals surface area contributed by atoms with Crippen LogP contribution in [0.25, 0.3) is 17.2 Å². The van der Waals surface area contributed by atoms with Crippen molar-refractivity contribution >= 4 is 6.08 Å². The molecule has 34 heavy (non-hydrogen) atoms. The standard InChI is InChI=1S/C26H28O8/c1-32-21-7-3-4-8-22(21)34-24(15-28)25(30)17-13-19(26(31)23(14-17)33-2)18-12-16(6-5-11-27)9-10-20(18)29/h3-10,12-14,24-25,27-31H,11,15H2,1-2H3/b6-5+. The zero-order valence-corrected chi connectivity index (χ0v) is 18.9. The minimum absolute atomic E-state index is 0.0660. The molecule has 8 heteroatoms. The fourth-order valence-corrected chi connectivity index (χ4v) is 3.52. The maximum Gasteiger partial charge on any atom is 0.165 e. The number of hydrogen-bond donors (Lipinski definition) is 5. The molecule has 3 rings (SSSR count). The summed E-state index contributed by atoms with van der Waals surface area (Å²) in [5, 5.41) is 51.3. The number of aliphatic hydroxyl groups excluding tert-OH is 3. The predicted molar refractivity (Wildman–Crippen MR) is 127 cm³/mol. The van der Waals surface area contributed by atoms with Crippen molar-refractivity contribution in [3.8, 4) is 39.9 Å². The zero-order chi connectivity index (χ0) is 24.7. The molecule has 0 aliphatic heterocycles. The van der Waals surface area contributed by atoms with E-state index in [2.05, 4.69) is 0 Å². The SMILES string of the molecule is COc1ccccc1OC(CO)C(O)c1cc(OC)c(O)c(-c2cc(/C=C/CO)ccc2O)c1. The van der Waals surface area contributed by atoms with Crippen molar-refractivity contribution in [3.05, 3.63) is 71.8 Å². The van der Waals surface area contributed by atoms with Crippen LogP contribution in [-0.2, 0) is 0 Å². The van der Waals surface area contributed by atoms with Crippen LogP contribution in [0.1, 0.15) is 17.2 Å². The molecule has 0 fully saturated rings. The number of para-hydroxylation sites is 2. The lowest BCUT2D eigenvalue weighted by atomic mass is 9.95. The Morgan fingerprint density at radius 3 is 2.21 bits per heavy atom. The molecule has 0 saturated heterocycles. The fourth-order valence-electron chi connectivity index (χ4n) is 3.52. The number of methoxy groups -OCH3 is 2. The number of hydrogen-bond acceptors (Lipinski definition) is 8. The lowest BCUT2D eigenvalue weighted by molar-refractivity contribution is -0.000491. The minimum atomic E-state index is -1.32. The van der Waals surface area contributed by atoms with Crippen LogP contribution in [0, 0.1) is 0 Å². The minimum Gasteiger partial charge on any atom is -0.507 e. The summed E-state index contributed by atoms with van der Waals surface area (Å²) in [6.45, 7) is -0.657. The van der Waals surface area contributed by atoms with Gasteiger partial charge in [-0.15, -0.1) is 0 Å². The van der Waals surface area contributed by atoms with Crippen molar-refractivity contribution in [1.29, 1.82) is 0 Å².